The van der Waals surface area contributed by atoms with Gasteiger partial charge in [-0.1, -0.05) is 23.7 Å². The van der Waals surface area contributed by atoms with Crippen LogP contribution in [0.2, 0.25) is 5.02 Å². The van der Waals surface area contributed by atoms with E-state index in [9.17, 15) is 9.50 Å². The number of aromatic nitrogens is 2. The largest absolute Gasteiger partial charge is 0.386 e. The van der Waals surface area contributed by atoms with Crippen LogP contribution in [0.3, 0.4) is 0 Å². The molecule has 0 fully saturated rings. The summed E-state index contributed by atoms with van der Waals surface area (Å²) in [5, 5.41) is 9.98. The molecule has 0 radical (unpaired) electrons. The highest BCUT2D eigenvalue weighted by Gasteiger charge is 2.15. The highest BCUT2D eigenvalue weighted by molar-refractivity contribution is 6.30. The van der Waals surface area contributed by atoms with Crippen LogP contribution in [-0.2, 0) is 13.5 Å². The molecule has 1 N–H and O–H groups in total. The Bertz CT molecular complexity index is 527. The molecule has 0 saturated carbocycles. The summed E-state index contributed by atoms with van der Waals surface area (Å²) in [7, 11) is 1.81. The van der Waals surface area contributed by atoms with E-state index in [0.29, 0.717) is 11.3 Å². The van der Waals surface area contributed by atoms with Gasteiger partial charge in [-0.05, 0) is 11.6 Å². The molecular formula is C12H12ClFN2O. The van der Waals surface area contributed by atoms with Gasteiger partial charge in [-0.2, -0.15) is 0 Å². The number of nitrogens with zero attached hydrogens (tertiary/aromatic N) is 2. The van der Waals surface area contributed by atoms with Gasteiger partial charge in [0.05, 0.1) is 17.0 Å². The molecule has 17 heavy (non-hydrogen) atoms. The Labute approximate surface area is 103 Å². The molecule has 2 rings (SSSR count). The summed E-state index contributed by atoms with van der Waals surface area (Å²) in [4.78, 5) is 4.02. The van der Waals surface area contributed by atoms with E-state index in [1.54, 1.807) is 29.2 Å². The molecule has 1 aromatic carbocycles. The van der Waals surface area contributed by atoms with E-state index in [1.165, 1.54) is 6.07 Å². The second-order valence-corrected chi connectivity index (χ2v) is 4.30. The summed E-state index contributed by atoms with van der Waals surface area (Å²) < 4.78 is 15.3. The van der Waals surface area contributed by atoms with Crippen molar-refractivity contribution in [2.24, 2.45) is 7.05 Å². The van der Waals surface area contributed by atoms with Gasteiger partial charge in [0, 0.05) is 19.7 Å². The highest BCUT2D eigenvalue weighted by atomic mass is 35.5. The number of hydrogen-bond acceptors (Lipinski definition) is 2. The van der Waals surface area contributed by atoms with Gasteiger partial charge < -0.3 is 9.67 Å². The Morgan fingerprint density at radius 3 is 2.94 bits per heavy atom. The van der Waals surface area contributed by atoms with Gasteiger partial charge in [-0.15, -0.1) is 0 Å². The number of halogens is 2. The molecular weight excluding hydrogens is 243 g/mol. The predicted octanol–water partition coefficient (Wildman–Crippen LogP) is 2.49. The zero-order valence-electron chi connectivity index (χ0n) is 9.27. The van der Waals surface area contributed by atoms with E-state index >= 15 is 0 Å². The SMILES string of the molecule is Cn1cnc(C(O)Cc2cccc(Cl)c2F)c1. The van der Waals surface area contributed by atoms with E-state index in [4.69, 9.17) is 11.6 Å². The smallest absolute Gasteiger partial charge is 0.145 e. The third-order valence-electron chi connectivity index (χ3n) is 2.51. The lowest BCUT2D eigenvalue weighted by atomic mass is 10.1. The first-order valence-electron chi connectivity index (χ1n) is 5.16. The molecule has 0 saturated heterocycles. The summed E-state index contributed by atoms with van der Waals surface area (Å²) in [6, 6.07) is 4.74. The minimum Gasteiger partial charge on any atom is -0.386 e. The lowest BCUT2D eigenvalue weighted by Crippen LogP contribution is -2.04. The molecule has 1 atom stereocenters. The third-order valence-corrected chi connectivity index (χ3v) is 2.80. The van der Waals surface area contributed by atoms with Crippen molar-refractivity contribution >= 4 is 11.6 Å². The van der Waals surface area contributed by atoms with Crippen molar-refractivity contribution in [1.29, 1.82) is 0 Å². The molecule has 0 aliphatic carbocycles. The maximum Gasteiger partial charge on any atom is 0.145 e. The van der Waals surface area contributed by atoms with Gasteiger partial charge in [0.1, 0.15) is 11.9 Å². The molecule has 0 spiro atoms. The van der Waals surface area contributed by atoms with Crippen molar-refractivity contribution in [3.8, 4) is 0 Å². The molecule has 1 aromatic heterocycles. The molecule has 2 aromatic rings. The third kappa shape index (κ3) is 2.65. The van der Waals surface area contributed by atoms with E-state index in [1.807, 2.05) is 7.05 Å². The standard InChI is InChI=1S/C12H12ClFN2O/c1-16-6-10(15-7-16)11(17)5-8-3-2-4-9(13)12(8)14/h2-4,6-7,11,17H,5H2,1H3. The topological polar surface area (TPSA) is 38.0 Å². The van der Waals surface area contributed by atoms with Gasteiger partial charge in [0.25, 0.3) is 0 Å². The number of aliphatic hydroxyl groups excluding tert-OH is 1. The van der Waals surface area contributed by atoms with Crippen LogP contribution >= 0.6 is 11.6 Å². The van der Waals surface area contributed by atoms with E-state index in [0.717, 1.165) is 0 Å². The monoisotopic (exact) mass is 254 g/mol. The van der Waals surface area contributed by atoms with Gasteiger partial charge in [-0.3, -0.25) is 0 Å². The number of hydrogen-bond donors (Lipinski definition) is 1. The van der Waals surface area contributed by atoms with Crippen LogP contribution in [0.5, 0.6) is 0 Å². The van der Waals surface area contributed by atoms with Crippen LogP contribution in [0.25, 0.3) is 0 Å². The quantitative estimate of drug-likeness (QED) is 0.914. The molecule has 90 valence electrons. The molecule has 1 heterocycles. The maximum absolute atomic E-state index is 13.6. The van der Waals surface area contributed by atoms with Gasteiger partial charge in [0.15, 0.2) is 0 Å². The number of aliphatic hydroxyl groups is 1. The van der Waals surface area contributed by atoms with Crippen LogP contribution in [0.15, 0.2) is 30.7 Å². The van der Waals surface area contributed by atoms with E-state index in [2.05, 4.69) is 4.98 Å². The maximum atomic E-state index is 13.6. The molecule has 0 aliphatic rings. The first kappa shape index (κ1) is 12.1. The first-order valence-corrected chi connectivity index (χ1v) is 5.54. The van der Waals surface area contributed by atoms with Crippen LogP contribution in [0, 0.1) is 5.82 Å². The number of rotatable bonds is 3. The lowest BCUT2D eigenvalue weighted by molar-refractivity contribution is 0.172. The Balaban J connectivity index is 2.18. The van der Waals surface area contributed by atoms with Crippen LogP contribution < -0.4 is 0 Å². The Morgan fingerprint density at radius 1 is 1.53 bits per heavy atom. The summed E-state index contributed by atoms with van der Waals surface area (Å²) in [5.74, 6) is -0.482. The average Bonchev–Trinajstić information content (AvgIpc) is 2.72. The van der Waals surface area contributed by atoms with Crippen molar-refractivity contribution in [1.82, 2.24) is 9.55 Å². The van der Waals surface area contributed by atoms with Gasteiger partial charge >= 0.3 is 0 Å². The first-order chi connectivity index (χ1) is 8.08. The summed E-state index contributed by atoms with van der Waals surface area (Å²) in [5.41, 5.74) is 0.905. The molecule has 5 heteroatoms. The second kappa shape index (κ2) is 4.85. The van der Waals surface area contributed by atoms with Gasteiger partial charge in [-0.25, -0.2) is 9.37 Å². The van der Waals surface area contributed by atoms with Crippen molar-refractivity contribution in [3.63, 3.8) is 0 Å². The Hall–Kier alpha value is -1.39. The van der Waals surface area contributed by atoms with Crippen molar-refractivity contribution in [2.75, 3.05) is 0 Å². The minimum absolute atomic E-state index is 0.0655. The fraction of sp³-hybridized carbons (Fsp3) is 0.250. The lowest BCUT2D eigenvalue weighted by Gasteiger charge is -2.09. The minimum atomic E-state index is -0.829. The molecule has 3 nitrogen and oxygen atoms in total. The van der Waals surface area contributed by atoms with Crippen LogP contribution in [0.1, 0.15) is 17.4 Å². The fourth-order valence-corrected chi connectivity index (χ4v) is 1.82. The summed E-state index contributed by atoms with van der Waals surface area (Å²) >= 11 is 5.67. The van der Waals surface area contributed by atoms with E-state index in [-0.39, 0.29) is 11.4 Å². The molecule has 0 amide bonds. The van der Waals surface area contributed by atoms with Crippen molar-refractivity contribution in [3.05, 3.63) is 52.8 Å². The van der Waals surface area contributed by atoms with Crippen LogP contribution in [0.4, 0.5) is 4.39 Å². The molecule has 0 aliphatic heterocycles. The second-order valence-electron chi connectivity index (χ2n) is 3.90. The zero-order valence-corrected chi connectivity index (χ0v) is 10.0. The molecule has 0 bridgehead atoms. The Morgan fingerprint density at radius 2 is 2.29 bits per heavy atom. The van der Waals surface area contributed by atoms with Gasteiger partial charge in [0.2, 0.25) is 0 Å². The molecule has 1 unspecified atom stereocenters. The number of aryl methyl sites for hydroxylation is 1. The fourth-order valence-electron chi connectivity index (χ4n) is 1.62. The highest BCUT2D eigenvalue weighted by Crippen LogP contribution is 2.23. The summed E-state index contributed by atoms with van der Waals surface area (Å²) in [6.07, 6.45) is 2.62. The van der Waals surface area contributed by atoms with Crippen LogP contribution in [-0.4, -0.2) is 14.7 Å². The number of benzene rings is 1. The number of imidazole rings is 1. The van der Waals surface area contributed by atoms with E-state index < -0.39 is 11.9 Å². The van der Waals surface area contributed by atoms with Crippen molar-refractivity contribution in [2.45, 2.75) is 12.5 Å². The zero-order chi connectivity index (χ0) is 12.4. The predicted molar refractivity (Wildman–Crippen MR) is 63.3 cm³/mol. The normalized spacial score (nSPS) is 12.7. The Kier molecular flexibility index (Phi) is 3.45. The average molecular weight is 255 g/mol. The van der Waals surface area contributed by atoms with Crippen molar-refractivity contribution < 1.29 is 9.50 Å². The summed E-state index contributed by atoms with van der Waals surface area (Å²) in [6.45, 7) is 0.